The third-order valence-electron chi connectivity index (χ3n) is 8.46. The lowest BCUT2D eigenvalue weighted by atomic mass is 9.41. The largest absolute Gasteiger partial charge is 0.396 e. The summed E-state index contributed by atoms with van der Waals surface area (Å²) in [5.74, 6) is 2.11. The van der Waals surface area contributed by atoms with Gasteiger partial charge in [-0.2, -0.15) is 0 Å². The molecule has 0 aromatic rings. The van der Waals surface area contributed by atoms with Gasteiger partial charge in [0, 0.05) is 6.61 Å². The Labute approximate surface area is 135 Å². The van der Waals surface area contributed by atoms with Gasteiger partial charge >= 0.3 is 0 Å². The van der Waals surface area contributed by atoms with Crippen LogP contribution >= 0.6 is 0 Å². The molecule has 2 heteroatoms. The van der Waals surface area contributed by atoms with Crippen LogP contribution in [0.5, 0.6) is 0 Å². The maximum absolute atomic E-state index is 10.1. The van der Waals surface area contributed by atoms with E-state index in [0.717, 1.165) is 5.92 Å². The van der Waals surface area contributed by atoms with Gasteiger partial charge in [0.1, 0.15) is 0 Å². The van der Waals surface area contributed by atoms with Crippen molar-refractivity contribution in [3.05, 3.63) is 11.6 Å². The molecule has 0 aliphatic heterocycles. The van der Waals surface area contributed by atoms with E-state index in [1.807, 2.05) is 0 Å². The average Bonchev–Trinajstić information content (AvgIpc) is 2.77. The summed E-state index contributed by atoms with van der Waals surface area (Å²) in [7, 11) is 0. The smallest absolute Gasteiger partial charge is 0.0644 e. The minimum absolute atomic E-state index is 0.133. The standard InChI is InChI=1S/C20H32O2/c1-18(13-22)7-3-8-19(2)16(18)6-9-20-10-14(4-5-17(19)20)15(11-20)12-21/h11,14,16-17,21-22H,3-10,12-13H2,1-2H3/t14-,16-,17+,18-,19-,20+/m1/s1. The Kier molecular flexibility index (Phi) is 3.34. The van der Waals surface area contributed by atoms with Gasteiger partial charge in [-0.05, 0) is 84.5 Å². The topological polar surface area (TPSA) is 40.5 Å². The molecule has 0 aromatic heterocycles. The Hall–Kier alpha value is -0.340. The average molecular weight is 304 g/mol. The van der Waals surface area contributed by atoms with Gasteiger partial charge in [0.2, 0.25) is 0 Å². The molecule has 0 aromatic carbocycles. The van der Waals surface area contributed by atoms with Gasteiger partial charge in [-0.1, -0.05) is 26.3 Å². The monoisotopic (exact) mass is 304 g/mol. The molecule has 4 rings (SSSR count). The minimum Gasteiger partial charge on any atom is -0.396 e. The van der Waals surface area contributed by atoms with Crippen LogP contribution < -0.4 is 0 Å². The Balaban J connectivity index is 1.73. The Morgan fingerprint density at radius 2 is 1.86 bits per heavy atom. The van der Waals surface area contributed by atoms with E-state index < -0.39 is 0 Å². The molecule has 4 aliphatic rings. The van der Waals surface area contributed by atoms with Gasteiger partial charge in [0.25, 0.3) is 0 Å². The van der Waals surface area contributed by atoms with Crippen LogP contribution in [0.15, 0.2) is 11.6 Å². The van der Waals surface area contributed by atoms with Crippen molar-refractivity contribution in [1.29, 1.82) is 0 Å². The molecule has 0 heterocycles. The number of hydrogen-bond donors (Lipinski definition) is 2. The van der Waals surface area contributed by atoms with Gasteiger partial charge in [-0.3, -0.25) is 0 Å². The summed E-state index contributed by atoms with van der Waals surface area (Å²) >= 11 is 0. The fourth-order valence-electron chi connectivity index (χ4n) is 7.55. The first-order valence-electron chi connectivity index (χ1n) is 9.41. The van der Waals surface area contributed by atoms with Crippen LogP contribution in [-0.2, 0) is 0 Å². The third kappa shape index (κ3) is 1.80. The quantitative estimate of drug-likeness (QED) is 0.759. The molecule has 6 atom stereocenters. The van der Waals surface area contributed by atoms with E-state index in [-0.39, 0.29) is 12.0 Å². The highest BCUT2D eigenvalue weighted by molar-refractivity contribution is 5.28. The number of allylic oxidation sites excluding steroid dienone is 1. The van der Waals surface area contributed by atoms with Crippen LogP contribution in [0, 0.1) is 34.0 Å². The molecule has 22 heavy (non-hydrogen) atoms. The van der Waals surface area contributed by atoms with Crippen LogP contribution in [-0.4, -0.2) is 23.4 Å². The van der Waals surface area contributed by atoms with Crippen LogP contribution in [0.1, 0.15) is 65.2 Å². The molecule has 0 unspecified atom stereocenters. The summed E-state index contributed by atoms with van der Waals surface area (Å²) < 4.78 is 0. The summed E-state index contributed by atoms with van der Waals surface area (Å²) in [6.07, 6.45) is 12.8. The van der Waals surface area contributed by atoms with E-state index in [0.29, 0.717) is 29.3 Å². The molecule has 2 N–H and O–H groups in total. The molecule has 0 radical (unpaired) electrons. The van der Waals surface area contributed by atoms with Crippen molar-refractivity contribution in [2.75, 3.05) is 13.2 Å². The number of fused-ring (bicyclic) bond motifs is 3. The second-order valence-electron chi connectivity index (χ2n) is 9.40. The fourth-order valence-corrected chi connectivity index (χ4v) is 7.55. The lowest BCUT2D eigenvalue weighted by Gasteiger charge is -2.64. The second-order valence-corrected chi connectivity index (χ2v) is 9.40. The number of hydrogen-bond acceptors (Lipinski definition) is 2. The maximum Gasteiger partial charge on any atom is 0.0644 e. The van der Waals surface area contributed by atoms with Gasteiger partial charge in [-0.25, -0.2) is 0 Å². The number of aliphatic hydroxyl groups excluding tert-OH is 2. The summed E-state index contributed by atoms with van der Waals surface area (Å²) in [5.41, 5.74) is 2.23. The predicted octanol–water partition coefficient (Wildman–Crippen LogP) is 3.92. The third-order valence-corrected chi connectivity index (χ3v) is 8.46. The van der Waals surface area contributed by atoms with Crippen molar-refractivity contribution in [2.24, 2.45) is 34.0 Å². The zero-order valence-electron chi connectivity index (χ0n) is 14.3. The van der Waals surface area contributed by atoms with Gasteiger partial charge in [0.15, 0.2) is 0 Å². The Morgan fingerprint density at radius 1 is 1.05 bits per heavy atom. The second kappa shape index (κ2) is 4.83. The Bertz CT molecular complexity index is 498. The van der Waals surface area contributed by atoms with E-state index in [4.69, 9.17) is 0 Å². The molecular weight excluding hydrogens is 272 g/mol. The Morgan fingerprint density at radius 3 is 2.59 bits per heavy atom. The summed E-state index contributed by atoms with van der Waals surface area (Å²) in [6.45, 7) is 5.50. The van der Waals surface area contributed by atoms with Gasteiger partial charge in [0.05, 0.1) is 6.61 Å². The lowest BCUT2D eigenvalue weighted by Crippen LogP contribution is -2.57. The molecular formula is C20H32O2. The van der Waals surface area contributed by atoms with Crippen LogP contribution in [0.2, 0.25) is 0 Å². The normalized spacial score (nSPS) is 53.6. The SMILES string of the molecule is C[C@]1(CO)CCC[C@]2(C)[C@@H]1CC[C@]13C=C(CO)[C@H](CC[C@H]12)C3. The van der Waals surface area contributed by atoms with E-state index in [1.165, 1.54) is 56.9 Å². The first-order valence-corrected chi connectivity index (χ1v) is 9.41. The molecule has 124 valence electrons. The highest BCUT2D eigenvalue weighted by Crippen LogP contribution is 2.70. The number of rotatable bonds is 2. The number of aliphatic hydroxyl groups is 2. The molecule has 3 fully saturated rings. The summed E-state index contributed by atoms with van der Waals surface area (Å²) in [6, 6.07) is 0. The van der Waals surface area contributed by atoms with E-state index in [1.54, 1.807) is 0 Å². The van der Waals surface area contributed by atoms with E-state index in [2.05, 4.69) is 19.9 Å². The van der Waals surface area contributed by atoms with Crippen molar-refractivity contribution in [3.63, 3.8) is 0 Å². The van der Waals surface area contributed by atoms with Crippen molar-refractivity contribution in [1.82, 2.24) is 0 Å². The van der Waals surface area contributed by atoms with Gasteiger partial charge < -0.3 is 10.2 Å². The predicted molar refractivity (Wildman–Crippen MR) is 88.3 cm³/mol. The molecule has 0 saturated heterocycles. The van der Waals surface area contributed by atoms with E-state index >= 15 is 0 Å². The zero-order chi connectivity index (χ0) is 15.6. The van der Waals surface area contributed by atoms with Gasteiger partial charge in [-0.15, -0.1) is 0 Å². The highest BCUT2D eigenvalue weighted by atomic mass is 16.3. The molecule has 2 bridgehead atoms. The zero-order valence-corrected chi connectivity index (χ0v) is 14.3. The highest BCUT2D eigenvalue weighted by Gasteiger charge is 2.62. The van der Waals surface area contributed by atoms with Crippen molar-refractivity contribution >= 4 is 0 Å². The van der Waals surface area contributed by atoms with Crippen LogP contribution in [0.4, 0.5) is 0 Å². The molecule has 0 amide bonds. The lowest BCUT2D eigenvalue weighted by molar-refractivity contribution is -0.149. The molecule has 1 spiro atoms. The summed E-state index contributed by atoms with van der Waals surface area (Å²) in [4.78, 5) is 0. The minimum atomic E-state index is 0.133. The first-order chi connectivity index (χ1) is 10.5. The summed E-state index contributed by atoms with van der Waals surface area (Å²) in [5, 5.41) is 19.8. The maximum atomic E-state index is 10.1. The first kappa shape index (κ1) is 15.2. The van der Waals surface area contributed by atoms with Crippen LogP contribution in [0.25, 0.3) is 0 Å². The van der Waals surface area contributed by atoms with Crippen molar-refractivity contribution in [2.45, 2.75) is 65.2 Å². The van der Waals surface area contributed by atoms with Crippen molar-refractivity contribution in [3.8, 4) is 0 Å². The van der Waals surface area contributed by atoms with E-state index in [9.17, 15) is 10.2 Å². The fraction of sp³-hybridized carbons (Fsp3) is 0.900. The molecule has 4 aliphatic carbocycles. The van der Waals surface area contributed by atoms with Crippen molar-refractivity contribution < 1.29 is 10.2 Å². The van der Waals surface area contributed by atoms with Crippen LogP contribution in [0.3, 0.4) is 0 Å². The molecule has 2 nitrogen and oxygen atoms in total. The molecule has 3 saturated carbocycles.